The maximum absolute atomic E-state index is 13.8. The summed E-state index contributed by atoms with van der Waals surface area (Å²) in [7, 11) is 1.47. The second kappa shape index (κ2) is 5.70. The number of benzene rings is 1. The molecule has 0 saturated heterocycles. The Morgan fingerprint density at radius 1 is 1.37 bits per heavy atom. The Bertz CT molecular complexity index is 467. The number of ether oxygens (including phenoxy) is 1. The molecule has 4 heteroatoms. The molecule has 1 aromatic carbocycles. The fraction of sp³-hybridized carbons (Fsp3) is 0.533. The first-order valence-corrected chi connectivity index (χ1v) is 6.70. The van der Waals surface area contributed by atoms with Crippen molar-refractivity contribution in [3.63, 3.8) is 0 Å². The van der Waals surface area contributed by atoms with Gasteiger partial charge in [-0.1, -0.05) is 19.3 Å². The first-order chi connectivity index (χ1) is 9.04. The average Bonchev–Trinajstić information content (AvgIpc) is 2.38. The molecule has 1 saturated carbocycles. The fourth-order valence-electron chi connectivity index (χ4n) is 2.70. The molecule has 1 aliphatic rings. The van der Waals surface area contributed by atoms with Crippen LogP contribution in [-0.2, 0) is 0 Å². The standard InChI is InChI=1S/C15H20FNO2/c1-19-11-5-6-12(13(16)9-11)14(18)10-15(17)7-3-2-4-8-15/h5-6,9H,2-4,7-8,10,17H2,1H3. The van der Waals surface area contributed by atoms with E-state index in [9.17, 15) is 9.18 Å². The second-order valence-corrected chi connectivity index (χ2v) is 5.37. The Morgan fingerprint density at radius 2 is 2.05 bits per heavy atom. The Morgan fingerprint density at radius 3 is 2.63 bits per heavy atom. The highest BCUT2D eigenvalue weighted by Crippen LogP contribution is 2.30. The zero-order chi connectivity index (χ0) is 13.9. The third-order valence-electron chi connectivity index (χ3n) is 3.84. The lowest BCUT2D eigenvalue weighted by molar-refractivity contribution is 0.0930. The molecule has 0 unspecified atom stereocenters. The maximum Gasteiger partial charge on any atom is 0.167 e. The van der Waals surface area contributed by atoms with Gasteiger partial charge in [0.15, 0.2) is 5.78 Å². The molecule has 0 aliphatic heterocycles. The van der Waals surface area contributed by atoms with Gasteiger partial charge < -0.3 is 10.5 Å². The number of Topliss-reactive ketones (excluding diaryl/α,β-unsaturated/α-hetero) is 1. The molecule has 0 spiro atoms. The van der Waals surface area contributed by atoms with Crippen molar-refractivity contribution < 1.29 is 13.9 Å². The van der Waals surface area contributed by atoms with E-state index in [0.717, 1.165) is 25.7 Å². The number of carbonyl (C=O) groups is 1. The van der Waals surface area contributed by atoms with Crippen LogP contribution in [0.5, 0.6) is 5.75 Å². The number of carbonyl (C=O) groups excluding carboxylic acids is 1. The highest BCUT2D eigenvalue weighted by molar-refractivity contribution is 5.97. The monoisotopic (exact) mass is 265 g/mol. The predicted molar refractivity (Wildman–Crippen MR) is 71.9 cm³/mol. The summed E-state index contributed by atoms with van der Waals surface area (Å²) in [6.07, 6.45) is 5.18. The van der Waals surface area contributed by atoms with Crippen molar-refractivity contribution in [1.82, 2.24) is 0 Å². The lowest BCUT2D eigenvalue weighted by Crippen LogP contribution is -2.43. The van der Waals surface area contributed by atoms with Gasteiger partial charge in [0.1, 0.15) is 11.6 Å². The molecule has 0 atom stereocenters. The Labute approximate surface area is 112 Å². The molecule has 2 rings (SSSR count). The van der Waals surface area contributed by atoms with Crippen LogP contribution in [0.2, 0.25) is 0 Å². The second-order valence-electron chi connectivity index (χ2n) is 5.37. The summed E-state index contributed by atoms with van der Waals surface area (Å²) < 4.78 is 18.7. The Hall–Kier alpha value is -1.42. The van der Waals surface area contributed by atoms with E-state index >= 15 is 0 Å². The van der Waals surface area contributed by atoms with Crippen molar-refractivity contribution in [1.29, 1.82) is 0 Å². The third-order valence-corrected chi connectivity index (χ3v) is 3.84. The van der Waals surface area contributed by atoms with Gasteiger partial charge in [0.25, 0.3) is 0 Å². The number of hydrogen-bond acceptors (Lipinski definition) is 3. The van der Waals surface area contributed by atoms with Crippen LogP contribution in [0.15, 0.2) is 18.2 Å². The van der Waals surface area contributed by atoms with Crippen molar-refractivity contribution in [2.45, 2.75) is 44.1 Å². The Kier molecular flexibility index (Phi) is 4.20. The normalized spacial score (nSPS) is 18.1. The van der Waals surface area contributed by atoms with Gasteiger partial charge in [-0.05, 0) is 25.0 Å². The van der Waals surface area contributed by atoms with Crippen LogP contribution in [0, 0.1) is 5.82 Å². The number of hydrogen-bond donors (Lipinski definition) is 1. The van der Waals surface area contributed by atoms with Crippen molar-refractivity contribution >= 4 is 5.78 Å². The van der Waals surface area contributed by atoms with Crippen LogP contribution in [-0.4, -0.2) is 18.4 Å². The minimum atomic E-state index is -0.538. The molecule has 0 heterocycles. The summed E-state index contributed by atoms with van der Waals surface area (Å²) in [5.41, 5.74) is 5.89. The van der Waals surface area contributed by atoms with E-state index in [0.29, 0.717) is 5.75 Å². The van der Waals surface area contributed by atoms with E-state index in [-0.39, 0.29) is 17.8 Å². The van der Waals surface area contributed by atoms with Gasteiger partial charge in [-0.15, -0.1) is 0 Å². The van der Waals surface area contributed by atoms with Crippen molar-refractivity contribution in [3.05, 3.63) is 29.6 Å². The summed E-state index contributed by atoms with van der Waals surface area (Å²) in [5, 5.41) is 0. The zero-order valence-corrected chi connectivity index (χ0v) is 11.2. The number of ketones is 1. The van der Waals surface area contributed by atoms with E-state index < -0.39 is 11.4 Å². The molecule has 1 aromatic rings. The first kappa shape index (κ1) is 14.0. The van der Waals surface area contributed by atoms with Gasteiger partial charge in [0.2, 0.25) is 0 Å². The van der Waals surface area contributed by atoms with Crippen LogP contribution in [0.1, 0.15) is 48.9 Å². The molecule has 2 N–H and O–H groups in total. The topological polar surface area (TPSA) is 52.3 Å². The summed E-state index contributed by atoms with van der Waals surface area (Å²) in [5.74, 6) is -0.345. The van der Waals surface area contributed by atoms with Gasteiger partial charge in [-0.3, -0.25) is 4.79 Å². The van der Waals surface area contributed by atoms with Gasteiger partial charge in [-0.25, -0.2) is 4.39 Å². The lowest BCUT2D eigenvalue weighted by Gasteiger charge is -2.32. The van der Waals surface area contributed by atoms with E-state index in [1.165, 1.54) is 25.7 Å². The molecule has 1 fully saturated rings. The zero-order valence-electron chi connectivity index (χ0n) is 11.2. The number of rotatable bonds is 4. The molecular formula is C15H20FNO2. The predicted octanol–water partition coefficient (Wildman–Crippen LogP) is 3.07. The smallest absolute Gasteiger partial charge is 0.167 e. The van der Waals surface area contributed by atoms with Crippen molar-refractivity contribution in [3.8, 4) is 5.75 Å². The van der Waals surface area contributed by atoms with Crippen LogP contribution in [0.25, 0.3) is 0 Å². The summed E-state index contributed by atoms with van der Waals surface area (Å²) in [4.78, 5) is 12.2. The SMILES string of the molecule is COc1ccc(C(=O)CC2(N)CCCCC2)c(F)c1. The highest BCUT2D eigenvalue weighted by atomic mass is 19.1. The highest BCUT2D eigenvalue weighted by Gasteiger charge is 2.31. The average molecular weight is 265 g/mol. The number of nitrogens with two attached hydrogens (primary N) is 1. The molecule has 0 aromatic heterocycles. The number of methoxy groups -OCH3 is 1. The molecule has 19 heavy (non-hydrogen) atoms. The van der Waals surface area contributed by atoms with Gasteiger partial charge in [0, 0.05) is 18.0 Å². The maximum atomic E-state index is 13.8. The van der Waals surface area contributed by atoms with E-state index in [1.807, 2.05) is 0 Å². The number of halogens is 1. The minimum Gasteiger partial charge on any atom is -0.497 e. The van der Waals surface area contributed by atoms with E-state index in [2.05, 4.69) is 0 Å². The summed E-state index contributed by atoms with van der Waals surface area (Å²) >= 11 is 0. The van der Waals surface area contributed by atoms with Crippen LogP contribution < -0.4 is 10.5 Å². The van der Waals surface area contributed by atoms with Crippen LogP contribution >= 0.6 is 0 Å². The van der Waals surface area contributed by atoms with E-state index in [4.69, 9.17) is 10.5 Å². The van der Waals surface area contributed by atoms with Crippen LogP contribution in [0.3, 0.4) is 0 Å². The molecule has 0 amide bonds. The molecule has 104 valence electrons. The Balaban J connectivity index is 2.11. The van der Waals surface area contributed by atoms with Crippen molar-refractivity contribution in [2.75, 3.05) is 7.11 Å². The van der Waals surface area contributed by atoms with Crippen LogP contribution in [0.4, 0.5) is 4.39 Å². The van der Waals surface area contributed by atoms with Gasteiger partial charge in [0.05, 0.1) is 12.7 Å². The van der Waals surface area contributed by atoms with E-state index in [1.54, 1.807) is 6.07 Å². The molecular weight excluding hydrogens is 245 g/mol. The minimum absolute atomic E-state index is 0.108. The molecule has 3 nitrogen and oxygen atoms in total. The lowest BCUT2D eigenvalue weighted by atomic mass is 9.78. The quantitative estimate of drug-likeness (QED) is 0.851. The fourth-order valence-corrected chi connectivity index (χ4v) is 2.70. The van der Waals surface area contributed by atoms with Crippen molar-refractivity contribution in [2.24, 2.45) is 5.73 Å². The summed E-state index contributed by atoms with van der Waals surface area (Å²) in [6.45, 7) is 0. The summed E-state index contributed by atoms with van der Waals surface area (Å²) in [6, 6.07) is 4.31. The molecule has 0 radical (unpaired) electrons. The van der Waals surface area contributed by atoms with Gasteiger partial charge >= 0.3 is 0 Å². The molecule has 1 aliphatic carbocycles. The molecule has 0 bridgehead atoms. The largest absolute Gasteiger partial charge is 0.497 e. The third kappa shape index (κ3) is 3.32. The first-order valence-electron chi connectivity index (χ1n) is 6.70. The van der Waals surface area contributed by atoms with Gasteiger partial charge in [-0.2, -0.15) is 0 Å².